The lowest BCUT2D eigenvalue weighted by molar-refractivity contribution is -0.142. The lowest BCUT2D eigenvalue weighted by atomic mass is 10.2. The Morgan fingerprint density at radius 1 is 1.22 bits per heavy atom. The molecule has 0 aliphatic rings. The van der Waals surface area contributed by atoms with Crippen LogP contribution in [0.4, 0.5) is 13.2 Å². The van der Waals surface area contributed by atoms with E-state index in [1.165, 1.54) is 13.2 Å². The van der Waals surface area contributed by atoms with E-state index in [2.05, 4.69) is 25.8 Å². The van der Waals surface area contributed by atoms with Crippen molar-refractivity contribution >= 4 is 5.96 Å². The molecular weight excluding hydrogens is 359 g/mol. The second-order valence-corrected chi connectivity index (χ2v) is 6.30. The first-order valence-corrected chi connectivity index (χ1v) is 8.83. The average molecular weight is 385 g/mol. The smallest absolute Gasteiger partial charge is 0.357 e. The van der Waals surface area contributed by atoms with Crippen molar-refractivity contribution in [2.24, 2.45) is 12.0 Å². The van der Waals surface area contributed by atoms with Crippen LogP contribution in [-0.2, 0) is 26.3 Å². The first-order chi connectivity index (χ1) is 12.7. The van der Waals surface area contributed by atoms with Gasteiger partial charge in [0.2, 0.25) is 0 Å². The van der Waals surface area contributed by atoms with Crippen molar-refractivity contribution in [1.82, 2.24) is 30.2 Å². The molecule has 2 N–H and O–H groups in total. The molecule has 27 heavy (non-hydrogen) atoms. The van der Waals surface area contributed by atoms with Crippen LogP contribution in [0.5, 0.6) is 0 Å². The van der Waals surface area contributed by atoms with Crippen LogP contribution < -0.4 is 10.6 Å². The highest BCUT2D eigenvalue weighted by Gasteiger charge is 2.36. The Bertz CT molecular complexity index is 774. The zero-order valence-corrected chi connectivity index (χ0v) is 16.1. The molecule has 0 aliphatic heterocycles. The SMILES string of the molecule is CCNC(=NCc1cn(C)nc1C(F)(F)F)NCCCn1nc(C)cc1C. The van der Waals surface area contributed by atoms with E-state index in [9.17, 15) is 13.2 Å². The molecule has 0 bridgehead atoms. The summed E-state index contributed by atoms with van der Waals surface area (Å²) in [6.07, 6.45) is -2.33. The number of guanidine groups is 1. The van der Waals surface area contributed by atoms with E-state index in [1.807, 2.05) is 31.5 Å². The van der Waals surface area contributed by atoms with E-state index >= 15 is 0 Å². The summed E-state index contributed by atoms with van der Waals surface area (Å²) in [5.74, 6) is 0.475. The van der Waals surface area contributed by atoms with Gasteiger partial charge in [-0.25, -0.2) is 4.99 Å². The second-order valence-electron chi connectivity index (χ2n) is 6.30. The Kier molecular flexibility index (Phi) is 6.86. The summed E-state index contributed by atoms with van der Waals surface area (Å²) in [7, 11) is 1.46. The molecule has 0 aliphatic carbocycles. The predicted molar refractivity (Wildman–Crippen MR) is 97.3 cm³/mol. The van der Waals surface area contributed by atoms with Crippen molar-refractivity contribution in [3.05, 3.63) is 34.9 Å². The highest BCUT2D eigenvalue weighted by molar-refractivity contribution is 5.79. The molecule has 0 unspecified atom stereocenters. The number of aromatic nitrogens is 4. The van der Waals surface area contributed by atoms with Gasteiger partial charge in [-0.1, -0.05) is 0 Å². The highest BCUT2D eigenvalue weighted by atomic mass is 19.4. The summed E-state index contributed by atoms with van der Waals surface area (Å²) in [6, 6.07) is 2.02. The number of nitrogens with zero attached hydrogens (tertiary/aromatic N) is 5. The molecule has 0 spiro atoms. The van der Waals surface area contributed by atoms with Gasteiger partial charge in [0.05, 0.1) is 12.2 Å². The zero-order valence-electron chi connectivity index (χ0n) is 16.1. The van der Waals surface area contributed by atoms with Crippen molar-refractivity contribution in [2.45, 2.75) is 46.5 Å². The fourth-order valence-electron chi connectivity index (χ4n) is 2.73. The first-order valence-electron chi connectivity index (χ1n) is 8.83. The molecule has 0 fully saturated rings. The van der Waals surface area contributed by atoms with E-state index in [0.29, 0.717) is 19.0 Å². The standard InChI is InChI=1S/C17H26F3N7/c1-5-21-16(22-7-6-8-27-13(3)9-12(2)24-27)23-10-14-11-26(4)25-15(14)17(18,19)20/h9,11H,5-8,10H2,1-4H3,(H2,21,22,23). The molecule has 10 heteroatoms. The number of aryl methyl sites for hydroxylation is 4. The molecule has 0 saturated carbocycles. The Morgan fingerprint density at radius 2 is 1.96 bits per heavy atom. The quantitative estimate of drug-likeness (QED) is 0.436. The minimum atomic E-state index is -4.49. The van der Waals surface area contributed by atoms with Crippen LogP contribution in [0.15, 0.2) is 17.3 Å². The lowest BCUT2D eigenvalue weighted by Crippen LogP contribution is -2.38. The number of halogens is 3. The van der Waals surface area contributed by atoms with Crippen molar-refractivity contribution in [3.63, 3.8) is 0 Å². The number of hydrogen-bond donors (Lipinski definition) is 2. The molecule has 2 aromatic heterocycles. The summed E-state index contributed by atoms with van der Waals surface area (Å²) in [5.41, 5.74) is 1.23. The van der Waals surface area contributed by atoms with Crippen molar-refractivity contribution in [2.75, 3.05) is 13.1 Å². The van der Waals surface area contributed by atoms with Crippen LogP contribution in [0, 0.1) is 13.8 Å². The number of alkyl halides is 3. The van der Waals surface area contributed by atoms with E-state index < -0.39 is 11.9 Å². The molecule has 0 saturated heterocycles. The lowest BCUT2D eigenvalue weighted by Gasteiger charge is -2.12. The van der Waals surface area contributed by atoms with Gasteiger partial charge in [0.1, 0.15) is 0 Å². The van der Waals surface area contributed by atoms with Crippen LogP contribution in [0.25, 0.3) is 0 Å². The molecule has 0 amide bonds. The van der Waals surface area contributed by atoms with Gasteiger partial charge in [0.15, 0.2) is 11.7 Å². The van der Waals surface area contributed by atoms with Crippen LogP contribution in [-0.4, -0.2) is 38.6 Å². The van der Waals surface area contributed by atoms with Crippen molar-refractivity contribution < 1.29 is 13.2 Å². The third kappa shape index (κ3) is 6.00. The number of nitrogens with one attached hydrogen (secondary N) is 2. The van der Waals surface area contributed by atoms with Gasteiger partial charge >= 0.3 is 6.18 Å². The maximum Gasteiger partial charge on any atom is 0.435 e. The first kappa shape index (κ1) is 20.8. The van der Waals surface area contributed by atoms with Crippen LogP contribution >= 0.6 is 0 Å². The average Bonchev–Trinajstić information content (AvgIpc) is 3.10. The molecule has 0 atom stereocenters. The summed E-state index contributed by atoms with van der Waals surface area (Å²) >= 11 is 0. The molecule has 2 rings (SSSR count). The molecule has 2 aromatic rings. The third-order valence-corrected chi connectivity index (χ3v) is 3.87. The predicted octanol–water partition coefficient (Wildman–Crippen LogP) is 2.40. The largest absolute Gasteiger partial charge is 0.435 e. The highest BCUT2D eigenvalue weighted by Crippen LogP contribution is 2.30. The minimum Gasteiger partial charge on any atom is -0.357 e. The van der Waals surface area contributed by atoms with Crippen LogP contribution in [0.2, 0.25) is 0 Å². The van der Waals surface area contributed by atoms with Gasteiger partial charge in [0.25, 0.3) is 0 Å². The normalized spacial score (nSPS) is 12.5. The number of hydrogen-bond acceptors (Lipinski definition) is 3. The van der Waals surface area contributed by atoms with E-state index in [1.54, 1.807) is 0 Å². The van der Waals surface area contributed by atoms with Gasteiger partial charge in [-0.3, -0.25) is 9.36 Å². The van der Waals surface area contributed by atoms with Gasteiger partial charge in [-0.15, -0.1) is 0 Å². The zero-order chi connectivity index (χ0) is 20.0. The minimum absolute atomic E-state index is 0.0462. The molecule has 2 heterocycles. The van der Waals surface area contributed by atoms with Crippen LogP contribution in [0.3, 0.4) is 0 Å². The topological polar surface area (TPSA) is 72.1 Å². The number of rotatable bonds is 7. The van der Waals surface area contributed by atoms with E-state index in [0.717, 1.165) is 29.0 Å². The second kappa shape index (κ2) is 8.92. The molecule has 0 radical (unpaired) electrons. The van der Waals surface area contributed by atoms with Gasteiger partial charge in [-0.2, -0.15) is 23.4 Å². The molecule has 150 valence electrons. The van der Waals surface area contributed by atoms with Crippen LogP contribution in [0.1, 0.15) is 36.0 Å². The summed E-state index contributed by atoms with van der Waals surface area (Å²) in [5, 5.41) is 14.1. The fourth-order valence-corrected chi connectivity index (χ4v) is 2.73. The van der Waals surface area contributed by atoms with Gasteiger partial charge in [0, 0.05) is 44.1 Å². The van der Waals surface area contributed by atoms with Gasteiger partial charge in [-0.05, 0) is 33.3 Å². The summed E-state index contributed by atoms with van der Waals surface area (Å²) in [6.45, 7) is 7.75. The Hall–Kier alpha value is -2.52. The van der Waals surface area contributed by atoms with Gasteiger partial charge < -0.3 is 10.6 Å². The number of aliphatic imine (C=N–C) groups is 1. The summed E-state index contributed by atoms with van der Waals surface area (Å²) in [4.78, 5) is 4.26. The molecule has 7 nitrogen and oxygen atoms in total. The maximum atomic E-state index is 13.0. The maximum absolute atomic E-state index is 13.0. The molecular formula is C17H26F3N7. The fraction of sp³-hybridized carbons (Fsp3) is 0.588. The van der Waals surface area contributed by atoms with E-state index in [4.69, 9.17) is 0 Å². The monoisotopic (exact) mass is 385 g/mol. The third-order valence-electron chi connectivity index (χ3n) is 3.87. The van der Waals surface area contributed by atoms with Crippen molar-refractivity contribution in [1.29, 1.82) is 0 Å². The molecule has 0 aromatic carbocycles. The Balaban J connectivity index is 1.93. The van der Waals surface area contributed by atoms with E-state index in [-0.39, 0.29) is 12.1 Å². The summed E-state index contributed by atoms with van der Waals surface area (Å²) < 4.78 is 42.1. The Labute approximate surface area is 156 Å². The van der Waals surface area contributed by atoms with Crippen molar-refractivity contribution in [3.8, 4) is 0 Å². The Morgan fingerprint density at radius 3 is 2.56 bits per heavy atom.